The summed E-state index contributed by atoms with van der Waals surface area (Å²) < 4.78 is 5.62. The second-order valence-electron chi connectivity index (χ2n) is 5.39. The fourth-order valence-corrected chi connectivity index (χ4v) is 2.84. The van der Waals surface area contributed by atoms with Gasteiger partial charge in [-0.2, -0.15) is 0 Å². The Hall–Kier alpha value is -2.66. The first-order chi connectivity index (χ1) is 11.6. The summed E-state index contributed by atoms with van der Waals surface area (Å²) >= 11 is 1.62. The zero-order chi connectivity index (χ0) is 16.9. The number of thiazole rings is 1. The molecule has 122 valence electrons. The number of rotatable bonds is 5. The molecule has 0 saturated carbocycles. The Morgan fingerprint density at radius 2 is 1.83 bits per heavy atom. The van der Waals surface area contributed by atoms with E-state index in [9.17, 15) is 4.79 Å². The highest BCUT2D eigenvalue weighted by Gasteiger charge is 2.14. The van der Waals surface area contributed by atoms with Crippen molar-refractivity contribution in [1.82, 2.24) is 4.98 Å². The number of aromatic nitrogens is 1. The fourth-order valence-electron chi connectivity index (χ4n) is 2.22. The van der Waals surface area contributed by atoms with Crippen molar-refractivity contribution in [3.63, 3.8) is 0 Å². The topological polar surface area (TPSA) is 51.2 Å². The van der Waals surface area contributed by atoms with Crippen molar-refractivity contribution in [3.8, 4) is 17.0 Å². The average Bonchev–Trinajstić information content (AvgIpc) is 3.03. The van der Waals surface area contributed by atoms with E-state index in [1.807, 2.05) is 66.9 Å². The maximum absolute atomic E-state index is 12.2. The van der Waals surface area contributed by atoms with Crippen LogP contribution in [0.15, 0.2) is 60.0 Å². The number of hydrogen-bond acceptors (Lipinski definition) is 4. The van der Waals surface area contributed by atoms with E-state index in [-0.39, 0.29) is 5.91 Å². The second kappa shape index (κ2) is 7.27. The molecule has 0 bridgehead atoms. The summed E-state index contributed by atoms with van der Waals surface area (Å²) in [5.74, 6) is 0.491. The van der Waals surface area contributed by atoms with Gasteiger partial charge in [-0.3, -0.25) is 4.79 Å². The molecule has 0 fully saturated rings. The van der Waals surface area contributed by atoms with Crippen LogP contribution in [0.4, 0.5) is 5.69 Å². The standard InChI is InChI=1S/C19H18N2O2S/c1-13(23-17-6-4-3-5-7-17)19(22)21-16-10-8-15(9-11-16)18-12-24-14(2)20-18/h3-13H,1-2H3,(H,21,22)/t13-/m0/s1. The number of aryl methyl sites for hydroxylation is 1. The van der Waals surface area contributed by atoms with Crippen LogP contribution in [0.2, 0.25) is 0 Å². The third-order valence-electron chi connectivity index (χ3n) is 3.49. The van der Waals surface area contributed by atoms with Crippen LogP contribution in [-0.4, -0.2) is 17.0 Å². The summed E-state index contributed by atoms with van der Waals surface area (Å²) in [6.45, 7) is 3.71. The second-order valence-corrected chi connectivity index (χ2v) is 6.45. The molecule has 0 aliphatic rings. The molecule has 1 amide bonds. The fraction of sp³-hybridized carbons (Fsp3) is 0.158. The molecular formula is C19H18N2O2S. The molecule has 3 rings (SSSR count). The van der Waals surface area contributed by atoms with Gasteiger partial charge in [-0.1, -0.05) is 30.3 Å². The number of nitrogens with zero attached hydrogens (tertiary/aromatic N) is 1. The highest BCUT2D eigenvalue weighted by molar-refractivity contribution is 7.09. The normalized spacial score (nSPS) is 11.8. The summed E-state index contributed by atoms with van der Waals surface area (Å²) in [6.07, 6.45) is -0.576. The SMILES string of the molecule is Cc1nc(-c2ccc(NC(=O)[C@H](C)Oc3ccccc3)cc2)cs1. The van der Waals surface area contributed by atoms with Crippen molar-refractivity contribution < 1.29 is 9.53 Å². The minimum absolute atomic E-state index is 0.184. The molecule has 1 aromatic heterocycles. The van der Waals surface area contributed by atoms with E-state index in [0.717, 1.165) is 22.0 Å². The van der Waals surface area contributed by atoms with Gasteiger partial charge in [0.1, 0.15) is 5.75 Å². The minimum atomic E-state index is -0.576. The Bertz CT molecular complexity index is 813. The molecule has 1 N–H and O–H groups in total. The van der Waals surface area contributed by atoms with E-state index in [2.05, 4.69) is 10.3 Å². The van der Waals surface area contributed by atoms with Crippen LogP contribution in [0.5, 0.6) is 5.75 Å². The molecule has 4 nitrogen and oxygen atoms in total. The van der Waals surface area contributed by atoms with Crippen LogP contribution >= 0.6 is 11.3 Å². The lowest BCUT2D eigenvalue weighted by Gasteiger charge is -2.14. The van der Waals surface area contributed by atoms with Crippen molar-refractivity contribution in [2.24, 2.45) is 0 Å². The molecule has 5 heteroatoms. The first kappa shape index (κ1) is 16.2. The van der Waals surface area contributed by atoms with E-state index < -0.39 is 6.10 Å². The lowest BCUT2D eigenvalue weighted by atomic mass is 10.1. The smallest absolute Gasteiger partial charge is 0.265 e. The van der Waals surface area contributed by atoms with Gasteiger partial charge < -0.3 is 10.1 Å². The third-order valence-corrected chi connectivity index (χ3v) is 4.27. The Morgan fingerprint density at radius 3 is 2.46 bits per heavy atom. The molecule has 0 radical (unpaired) electrons. The van der Waals surface area contributed by atoms with Gasteiger partial charge in [0, 0.05) is 16.6 Å². The number of anilines is 1. The number of ether oxygens (including phenoxy) is 1. The van der Waals surface area contributed by atoms with Crippen molar-refractivity contribution in [3.05, 3.63) is 65.0 Å². The Labute approximate surface area is 145 Å². The lowest BCUT2D eigenvalue weighted by Crippen LogP contribution is -2.30. The molecule has 2 aromatic carbocycles. The van der Waals surface area contributed by atoms with E-state index in [4.69, 9.17) is 4.74 Å². The number of carbonyl (C=O) groups excluding carboxylic acids is 1. The molecule has 3 aromatic rings. The largest absolute Gasteiger partial charge is 0.481 e. The van der Waals surface area contributed by atoms with Gasteiger partial charge in [0.25, 0.3) is 5.91 Å². The monoisotopic (exact) mass is 338 g/mol. The van der Waals surface area contributed by atoms with Crippen molar-refractivity contribution in [1.29, 1.82) is 0 Å². The Balaban J connectivity index is 1.62. The van der Waals surface area contributed by atoms with Gasteiger partial charge in [-0.05, 0) is 38.1 Å². The summed E-state index contributed by atoms with van der Waals surface area (Å²) in [4.78, 5) is 16.7. The summed E-state index contributed by atoms with van der Waals surface area (Å²) in [5, 5.41) is 5.93. The number of nitrogens with one attached hydrogen (secondary N) is 1. The van der Waals surface area contributed by atoms with Crippen LogP contribution in [0.3, 0.4) is 0 Å². The lowest BCUT2D eigenvalue weighted by molar-refractivity contribution is -0.122. The summed E-state index contributed by atoms with van der Waals surface area (Å²) in [7, 11) is 0. The third kappa shape index (κ3) is 4.00. The molecule has 0 spiro atoms. The van der Waals surface area contributed by atoms with Gasteiger partial charge in [-0.15, -0.1) is 11.3 Å². The van der Waals surface area contributed by atoms with E-state index in [0.29, 0.717) is 5.75 Å². The number of carbonyl (C=O) groups is 1. The molecule has 24 heavy (non-hydrogen) atoms. The zero-order valence-electron chi connectivity index (χ0n) is 13.5. The number of benzene rings is 2. The van der Waals surface area contributed by atoms with Gasteiger partial charge in [0.2, 0.25) is 0 Å². The van der Waals surface area contributed by atoms with Gasteiger partial charge in [0.05, 0.1) is 10.7 Å². The molecule has 1 heterocycles. The van der Waals surface area contributed by atoms with Gasteiger partial charge in [-0.25, -0.2) is 4.98 Å². The number of amides is 1. The molecule has 0 unspecified atom stereocenters. The van der Waals surface area contributed by atoms with Crippen LogP contribution in [-0.2, 0) is 4.79 Å². The zero-order valence-corrected chi connectivity index (χ0v) is 14.3. The molecule has 0 aliphatic carbocycles. The summed E-state index contributed by atoms with van der Waals surface area (Å²) in [6, 6.07) is 17.0. The van der Waals surface area contributed by atoms with Crippen molar-refractivity contribution in [2.75, 3.05) is 5.32 Å². The van der Waals surface area contributed by atoms with Crippen molar-refractivity contribution >= 4 is 22.9 Å². The predicted molar refractivity (Wildman–Crippen MR) is 97.4 cm³/mol. The van der Waals surface area contributed by atoms with Crippen LogP contribution in [0.25, 0.3) is 11.3 Å². The van der Waals surface area contributed by atoms with Crippen LogP contribution in [0.1, 0.15) is 11.9 Å². The minimum Gasteiger partial charge on any atom is -0.481 e. The van der Waals surface area contributed by atoms with Gasteiger partial charge in [0.15, 0.2) is 6.10 Å². The summed E-state index contributed by atoms with van der Waals surface area (Å²) in [5.41, 5.74) is 2.72. The van der Waals surface area contributed by atoms with Crippen molar-refractivity contribution in [2.45, 2.75) is 20.0 Å². The first-order valence-corrected chi connectivity index (χ1v) is 8.55. The van der Waals surface area contributed by atoms with E-state index in [1.54, 1.807) is 18.3 Å². The Morgan fingerprint density at radius 1 is 1.12 bits per heavy atom. The predicted octanol–water partition coefficient (Wildman–Crippen LogP) is 4.52. The maximum Gasteiger partial charge on any atom is 0.265 e. The Kier molecular flexibility index (Phi) is 4.91. The molecule has 0 aliphatic heterocycles. The maximum atomic E-state index is 12.2. The average molecular weight is 338 g/mol. The quantitative estimate of drug-likeness (QED) is 0.744. The number of para-hydroxylation sites is 1. The highest BCUT2D eigenvalue weighted by Crippen LogP contribution is 2.23. The van der Waals surface area contributed by atoms with Crippen LogP contribution < -0.4 is 10.1 Å². The van der Waals surface area contributed by atoms with E-state index >= 15 is 0 Å². The first-order valence-electron chi connectivity index (χ1n) is 7.67. The van der Waals surface area contributed by atoms with Gasteiger partial charge >= 0.3 is 0 Å². The highest BCUT2D eigenvalue weighted by atomic mass is 32.1. The molecular weight excluding hydrogens is 320 g/mol. The molecule has 0 saturated heterocycles. The molecule has 1 atom stereocenters. The number of hydrogen-bond donors (Lipinski definition) is 1. The van der Waals surface area contributed by atoms with E-state index in [1.165, 1.54) is 0 Å². The van der Waals surface area contributed by atoms with Crippen LogP contribution in [0, 0.1) is 6.92 Å².